The maximum atomic E-state index is 12.5. The third kappa shape index (κ3) is 4.95. The number of fused-ring (bicyclic) bond motifs is 1. The molecule has 0 atom stereocenters. The predicted molar refractivity (Wildman–Crippen MR) is 141 cm³/mol. The lowest BCUT2D eigenvalue weighted by Gasteiger charge is -2.16. The standard InChI is InChI=1S/C29H28N4O4/c1-3-4-12-25-30-24-11-7-10-23(29(35)36-2)27(24)33(25)17-19-13-15-20(16-14-19)21-8-5-6-9-22(21)28-31-26(34)18-37-32-28/h5-11,13-16H,3-4,12,17-18H2,1-2H3,(H,31,32,34). The van der Waals surface area contributed by atoms with Gasteiger partial charge in [0.1, 0.15) is 5.82 Å². The van der Waals surface area contributed by atoms with Gasteiger partial charge in [-0.3, -0.25) is 4.79 Å². The Morgan fingerprint density at radius 1 is 1.05 bits per heavy atom. The number of benzene rings is 3. The molecule has 2 heterocycles. The second-order valence-electron chi connectivity index (χ2n) is 8.89. The average molecular weight is 497 g/mol. The number of amidine groups is 1. The number of rotatable bonds is 8. The van der Waals surface area contributed by atoms with Crippen molar-refractivity contribution in [3.8, 4) is 11.1 Å². The summed E-state index contributed by atoms with van der Waals surface area (Å²) in [7, 11) is 1.40. The number of ether oxygens (including phenoxy) is 1. The molecule has 5 rings (SSSR count). The Balaban J connectivity index is 1.50. The summed E-state index contributed by atoms with van der Waals surface area (Å²) >= 11 is 0. The SMILES string of the molecule is CCCCc1nc2cccc(C(=O)OC)c2n1Cc1ccc(-c2ccccc2C2=NOCC(=O)N2)cc1. The van der Waals surface area contributed by atoms with Gasteiger partial charge in [-0.2, -0.15) is 0 Å². The minimum absolute atomic E-state index is 0.0821. The highest BCUT2D eigenvalue weighted by atomic mass is 16.6. The minimum atomic E-state index is -0.373. The molecule has 37 heavy (non-hydrogen) atoms. The first-order chi connectivity index (χ1) is 18.1. The lowest BCUT2D eigenvalue weighted by atomic mass is 9.97. The van der Waals surface area contributed by atoms with E-state index in [0.717, 1.165) is 58.4 Å². The van der Waals surface area contributed by atoms with Crippen molar-refractivity contribution >= 4 is 28.7 Å². The minimum Gasteiger partial charge on any atom is -0.465 e. The van der Waals surface area contributed by atoms with E-state index in [1.165, 1.54) is 7.11 Å². The van der Waals surface area contributed by atoms with Crippen molar-refractivity contribution in [2.75, 3.05) is 13.7 Å². The number of esters is 1. The van der Waals surface area contributed by atoms with E-state index in [2.05, 4.69) is 34.1 Å². The third-order valence-corrected chi connectivity index (χ3v) is 6.40. The molecule has 0 aliphatic carbocycles. The molecule has 0 fully saturated rings. The molecule has 1 N–H and O–H groups in total. The van der Waals surface area contributed by atoms with Crippen LogP contribution in [0.5, 0.6) is 0 Å². The van der Waals surface area contributed by atoms with Crippen molar-refractivity contribution in [2.45, 2.75) is 32.7 Å². The van der Waals surface area contributed by atoms with Crippen LogP contribution in [-0.4, -0.2) is 41.0 Å². The van der Waals surface area contributed by atoms with Crippen molar-refractivity contribution in [3.63, 3.8) is 0 Å². The fourth-order valence-corrected chi connectivity index (χ4v) is 4.58. The average Bonchev–Trinajstić information content (AvgIpc) is 3.29. The number of amides is 1. The first kappa shape index (κ1) is 24.2. The molecule has 0 saturated heterocycles. The molecule has 8 nitrogen and oxygen atoms in total. The van der Waals surface area contributed by atoms with Gasteiger partial charge in [-0.1, -0.05) is 73.1 Å². The zero-order valence-corrected chi connectivity index (χ0v) is 20.9. The fraction of sp³-hybridized carbons (Fsp3) is 0.241. The second kappa shape index (κ2) is 10.7. The van der Waals surface area contributed by atoms with Crippen LogP contribution in [0.2, 0.25) is 0 Å². The molecule has 1 aliphatic rings. The van der Waals surface area contributed by atoms with E-state index in [1.54, 1.807) is 6.07 Å². The molecule has 1 aromatic heterocycles. The van der Waals surface area contributed by atoms with E-state index < -0.39 is 0 Å². The first-order valence-corrected chi connectivity index (χ1v) is 12.3. The van der Waals surface area contributed by atoms with Crippen LogP contribution in [0.3, 0.4) is 0 Å². The van der Waals surface area contributed by atoms with Crippen LogP contribution in [0.1, 0.15) is 47.1 Å². The van der Waals surface area contributed by atoms with Crippen molar-refractivity contribution in [1.29, 1.82) is 0 Å². The highest BCUT2D eigenvalue weighted by Crippen LogP contribution is 2.27. The van der Waals surface area contributed by atoms with Crippen LogP contribution in [0.25, 0.3) is 22.2 Å². The van der Waals surface area contributed by atoms with Crippen LogP contribution in [0, 0.1) is 0 Å². The van der Waals surface area contributed by atoms with E-state index in [-0.39, 0.29) is 18.5 Å². The number of nitrogens with zero attached hydrogens (tertiary/aromatic N) is 3. The number of aromatic nitrogens is 2. The molecular weight excluding hydrogens is 468 g/mol. The number of carbonyl (C=O) groups is 2. The van der Waals surface area contributed by atoms with Gasteiger partial charge in [0, 0.05) is 18.5 Å². The van der Waals surface area contributed by atoms with E-state index in [9.17, 15) is 9.59 Å². The van der Waals surface area contributed by atoms with Crippen LogP contribution in [0.15, 0.2) is 71.9 Å². The maximum absolute atomic E-state index is 12.5. The Kier molecular flexibility index (Phi) is 6.98. The van der Waals surface area contributed by atoms with Crippen molar-refractivity contribution < 1.29 is 19.2 Å². The van der Waals surface area contributed by atoms with Crippen LogP contribution >= 0.6 is 0 Å². The van der Waals surface area contributed by atoms with E-state index in [0.29, 0.717) is 17.9 Å². The Bertz CT molecular complexity index is 1490. The summed E-state index contributed by atoms with van der Waals surface area (Å²) in [5.41, 5.74) is 5.87. The van der Waals surface area contributed by atoms with Crippen molar-refractivity contribution in [1.82, 2.24) is 14.9 Å². The van der Waals surface area contributed by atoms with Gasteiger partial charge in [-0.25, -0.2) is 9.78 Å². The number of para-hydroxylation sites is 1. The molecule has 0 spiro atoms. The quantitative estimate of drug-likeness (QED) is 0.357. The lowest BCUT2D eigenvalue weighted by Crippen LogP contribution is -2.37. The van der Waals surface area contributed by atoms with Gasteiger partial charge in [0.2, 0.25) is 0 Å². The van der Waals surface area contributed by atoms with Gasteiger partial charge in [-0.15, -0.1) is 0 Å². The number of unbranched alkanes of at least 4 members (excludes halogenated alkanes) is 1. The number of hydrogen-bond donors (Lipinski definition) is 1. The molecule has 4 aromatic rings. The number of methoxy groups -OCH3 is 1. The van der Waals surface area contributed by atoms with Crippen molar-refractivity contribution in [2.24, 2.45) is 5.16 Å². The largest absolute Gasteiger partial charge is 0.465 e. The molecule has 1 aliphatic heterocycles. The van der Waals surface area contributed by atoms with Gasteiger partial charge < -0.3 is 19.5 Å². The maximum Gasteiger partial charge on any atom is 0.340 e. The highest BCUT2D eigenvalue weighted by Gasteiger charge is 2.20. The number of carbonyl (C=O) groups excluding carboxylic acids is 2. The van der Waals surface area contributed by atoms with Crippen LogP contribution < -0.4 is 5.32 Å². The van der Waals surface area contributed by atoms with Gasteiger partial charge in [-0.05, 0) is 35.2 Å². The predicted octanol–water partition coefficient (Wildman–Crippen LogP) is 4.69. The van der Waals surface area contributed by atoms with Crippen LogP contribution in [0.4, 0.5) is 0 Å². The molecule has 1 amide bonds. The third-order valence-electron chi connectivity index (χ3n) is 6.40. The first-order valence-electron chi connectivity index (χ1n) is 12.3. The molecule has 0 unspecified atom stereocenters. The Hall–Kier alpha value is -4.46. The summed E-state index contributed by atoms with van der Waals surface area (Å²) in [6.45, 7) is 2.64. The Morgan fingerprint density at radius 3 is 2.57 bits per heavy atom. The fourth-order valence-electron chi connectivity index (χ4n) is 4.58. The molecular formula is C29H28N4O4. The Labute approximate surface area is 214 Å². The van der Waals surface area contributed by atoms with Gasteiger partial charge >= 0.3 is 5.97 Å². The molecule has 8 heteroatoms. The lowest BCUT2D eigenvalue weighted by molar-refractivity contribution is -0.125. The summed E-state index contributed by atoms with van der Waals surface area (Å²) in [4.78, 5) is 34.3. The van der Waals surface area contributed by atoms with Gasteiger partial charge in [0.05, 0.1) is 23.7 Å². The summed E-state index contributed by atoms with van der Waals surface area (Å²) in [6.07, 6.45) is 2.89. The topological polar surface area (TPSA) is 94.8 Å². The Morgan fingerprint density at radius 2 is 1.84 bits per heavy atom. The summed E-state index contributed by atoms with van der Waals surface area (Å²) in [6, 6.07) is 21.5. The van der Waals surface area contributed by atoms with Crippen LogP contribution in [-0.2, 0) is 27.3 Å². The smallest absolute Gasteiger partial charge is 0.340 e. The van der Waals surface area contributed by atoms with Gasteiger partial charge in [0.15, 0.2) is 12.4 Å². The summed E-state index contributed by atoms with van der Waals surface area (Å²) in [5.74, 6) is 0.751. The van der Waals surface area contributed by atoms with E-state index in [4.69, 9.17) is 14.6 Å². The molecule has 0 bridgehead atoms. The summed E-state index contributed by atoms with van der Waals surface area (Å²) in [5, 5.41) is 6.81. The normalized spacial score (nSPS) is 13.1. The van der Waals surface area contributed by atoms with E-state index in [1.807, 2.05) is 48.5 Å². The number of aryl methyl sites for hydroxylation is 1. The second-order valence-corrected chi connectivity index (χ2v) is 8.89. The molecule has 3 aromatic carbocycles. The number of nitrogens with one attached hydrogen (secondary N) is 1. The molecule has 0 radical (unpaired) electrons. The number of hydrogen-bond acceptors (Lipinski definition) is 6. The zero-order valence-electron chi connectivity index (χ0n) is 20.9. The number of oxime groups is 1. The summed E-state index contributed by atoms with van der Waals surface area (Å²) < 4.78 is 7.18. The van der Waals surface area contributed by atoms with Crippen molar-refractivity contribution in [3.05, 3.63) is 89.2 Å². The van der Waals surface area contributed by atoms with Gasteiger partial charge in [0.25, 0.3) is 5.91 Å². The van der Waals surface area contributed by atoms with E-state index >= 15 is 0 Å². The molecule has 0 saturated carbocycles. The monoisotopic (exact) mass is 496 g/mol. The zero-order chi connectivity index (χ0) is 25.8. The number of imidazole rings is 1. The highest BCUT2D eigenvalue weighted by molar-refractivity contribution is 6.12. The molecule has 188 valence electrons.